The summed E-state index contributed by atoms with van der Waals surface area (Å²) in [5, 5.41) is 2.83. The van der Waals surface area contributed by atoms with E-state index in [4.69, 9.17) is 12.2 Å². The Morgan fingerprint density at radius 3 is 2.67 bits per heavy atom. The zero-order valence-corrected chi connectivity index (χ0v) is 11.8. The lowest BCUT2D eigenvalue weighted by molar-refractivity contribution is -0.116. The van der Waals surface area contributed by atoms with Gasteiger partial charge in [-0.1, -0.05) is 42.3 Å². The summed E-state index contributed by atoms with van der Waals surface area (Å²) < 4.78 is 0. The molecule has 21 heavy (non-hydrogen) atoms. The molecule has 106 valence electrons. The molecule has 0 saturated carbocycles. The van der Waals surface area contributed by atoms with Crippen LogP contribution >= 0.6 is 0 Å². The van der Waals surface area contributed by atoms with Crippen LogP contribution in [0.25, 0.3) is 0 Å². The van der Waals surface area contributed by atoms with Crippen LogP contribution in [0.15, 0.2) is 54.6 Å². The molecule has 1 amide bonds. The Bertz CT molecular complexity index is 644. The summed E-state index contributed by atoms with van der Waals surface area (Å²) in [6.07, 6.45) is 6.31. The summed E-state index contributed by atoms with van der Waals surface area (Å²) in [5.74, 6) is 2.48. The molecule has 1 atom stereocenters. The predicted molar refractivity (Wildman–Crippen MR) is 85.6 cm³/mol. The van der Waals surface area contributed by atoms with Gasteiger partial charge in [0.2, 0.25) is 5.91 Å². The fourth-order valence-corrected chi connectivity index (χ4v) is 2.06. The maximum absolute atomic E-state index is 11.9. The largest absolute Gasteiger partial charge is 0.326 e. The number of carbonyl (C=O) groups excluding carboxylic acids is 1. The number of carbonyl (C=O) groups is 1. The van der Waals surface area contributed by atoms with E-state index in [0.29, 0.717) is 18.5 Å². The fraction of sp³-hybridized carbons (Fsp3) is 0.167. The first-order chi connectivity index (χ1) is 10.2. The van der Waals surface area contributed by atoms with E-state index in [0.717, 1.165) is 11.1 Å². The Balaban J connectivity index is 1.86. The smallest absolute Gasteiger partial charge is 0.224 e. The van der Waals surface area contributed by atoms with Gasteiger partial charge in [-0.15, -0.1) is 6.42 Å². The second-order valence-corrected chi connectivity index (χ2v) is 4.83. The summed E-state index contributed by atoms with van der Waals surface area (Å²) in [6, 6.07) is 16.9. The minimum absolute atomic E-state index is 0.0597. The fourth-order valence-electron chi connectivity index (χ4n) is 2.06. The molecule has 0 heterocycles. The normalized spacial score (nSPS) is 11.4. The highest BCUT2D eigenvalue weighted by molar-refractivity contribution is 5.90. The van der Waals surface area contributed by atoms with Gasteiger partial charge in [0.15, 0.2) is 0 Å². The van der Waals surface area contributed by atoms with Gasteiger partial charge in [-0.05, 0) is 30.2 Å². The highest BCUT2D eigenvalue weighted by Gasteiger charge is 2.09. The van der Waals surface area contributed by atoms with E-state index >= 15 is 0 Å². The molecule has 0 fully saturated rings. The van der Waals surface area contributed by atoms with Crippen LogP contribution in [-0.2, 0) is 4.79 Å². The van der Waals surface area contributed by atoms with Gasteiger partial charge in [0, 0.05) is 23.7 Å². The van der Waals surface area contributed by atoms with Gasteiger partial charge < -0.3 is 11.1 Å². The van der Waals surface area contributed by atoms with E-state index in [1.165, 1.54) is 0 Å². The molecule has 0 aliphatic heterocycles. The number of hydrogen-bond acceptors (Lipinski definition) is 2. The number of nitrogens with one attached hydrogen (secondary N) is 1. The Hall–Kier alpha value is -2.57. The second kappa shape index (κ2) is 7.28. The number of amides is 1. The summed E-state index contributed by atoms with van der Waals surface area (Å²) >= 11 is 0. The zero-order valence-electron chi connectivity index (χ0n) is 11.8. The topological polar surface area (TPSA) is 55.1 Å². The molecule has 0 aromatic heterocycles. The van der Waals surface area contributed by atoms with Crippen LogP contribution in [0.5, 0.6) is 0 Å². The summed E-state index contributed by atoms with van der Waals surface area (Å²) in [5.41, 5.74) is 8.57. The molecule has 0 radical (unpaired) electrons. The van der Waals surface area contributed by atoms with E-state index in [1.54, 1.807) is 6.07 Å². The highest BCUT2D eigenvalue weighted by Crippen LogP contribution is 2.16. The SMILES string of the molecule is C#Cc1cccc(NC(=O)CCC(N)c2ccccc2)c1. The van der Waals surface area contributed by atoms with Crippen LogP contribution in [0.2, 0.25) is 0 Å². The van der Waals surface area contributed by atoms with E-state index in [2.05, 4.69) is 11.2 Å². The number of rotatable bonds is 5. The molecule has 0 spiro atoms. The highest BCUT2D eigenvalue weighted by atomic mass is 16.1. The molecule has 3 nitrogen and oxygen atoms in total. The monoisotopic (exact) mass is 278 g/mol. The molecular formula is C18H18N2O. The lowest BCUT2D eigenvalue weighted by Crippen LogP contribution is -2.16. The molecule has 3 heteroatoms. The second-order valence-electron chi connectivity index (χ2n) is 4.83. The van der Waals surface area contributed by atoms with Crippen LogP contribution in [0.3, 0.4) is 0 Å². The van der Waals surface area contributed by atoms with E-state index in [1.807, 2.05) is 48.5 Å². The average molecular weight is 278 g/mol. The van der Waals surface area contributed by atoms with Gasteiger partial charge in [0.05, 0.1) is 0 Å². The molecule has 2 aromatic rings. The van der Waals surface area contributed by atoms with Gasteiger partial charge in [-0.3, -0.25) is 4.79 Å². The lowest BCUT2D eigenvalue weighted by Gasteiger charge is -2.12. The zero-order chi connectivity index (χ0) is 15.1. The average Bonchev–Trinajstić information content (AvgIpc) is 2.53. The van der Waals surface area contributed by atoms with Gasteiger partial charge in [-0.25, -0.2) is 0 Å². The van der Waals surface area contributed by atoms with E-state index in [9.17, 15) is 4.79 Å². The van der Waals surface area contributed by atoms with Gasteiger partial charge in [0.25, 0.3) is 0 Å². The van der Waals surface area contributed by atoms with Crippen molar-refractivity contribution in [1.29, 1.82) is 0 Å². The van der Waals surface area contributed by atoms with Crippen molar-refractivity contribution in [3.05, 3.63) is 65.7 Å². The number of terminal acetylenes is 1. The molecule has 2 aromatic carbocycles. The number of anilines is 1. The number of nitrogens with two attached hydrogens (primary N) is 1. The number of hydrogen-bond donors (Lipinski definition) is 2. The van der Waals surface area contributed by atoms with E-state index < -0.39 is 0 Å². The van der Waals surface area contributed by atoms with E-state index in [-0.39, 0.29) is 11.9 Å². The van der Waals surface area contributed by atoms with Crippen molar-refractivity contribution in [3.63, 3.8) is 0 Å². The maximum atomic E-state index is 11.9. The van der Waals surface area contributed by atoms with Crippen molar-refractivity contribution in [2.45, 2.75) is 18.9 Å². The lowest BCUT2D eigenvalue weighted by atomic mass is 10.0. The molecule has 3 N–H and O–H groups in total. The summed E-state index contributed by atoms with van der Waals surface area (Å²) in [7, 11) is 0. The Morgan fingerprint density at radius 1 is 1.19 bits per heavy atom. The third-order valence-corrected chi connectivity index (χ3v) is 3.22. The van der Waals surface area contributed by atoms with Gasteiger partial charge >= 0.3 is 0 Å². The van der Waals surface area contributed by atoms with Gasteiger partial charge in [-0.2, -0.15) is 0 Å². The minimum Gasteiger partial charge on any atom is -0.326 e. The standard InChI is InChI=1S/C18H18N2O/c1-2-14-7-6-10-16(13-14)20-18(21)12-11-17(19)15-8-4-3-5-9-15/h1,3-10,13,17H,11-12,19H2,(H,20,21). The molecule has 1 unspecified atom stereocenters. The summed E-state index contributed by atoms with van der Waals surface area (Å²) in [6.45, 7) is 0. The minimum atomic E-state index is -0.131. The van der Waals surface area contributed by atoms with Crippen molar-refractivity contribution in [2.75, 3.05) is 5.32 Å². The first-order valence-electron chi connectivity index (χ1n) is 6.86. The third kappa shape index (κ3) is 4.48. The Morgan fingerprint density at radius 2 is 1.95 bits per heavy atom. The van der Waals surface area contributed by atoms with Crippen molar-refractivity contribution >= 4 is 11.6 Å². The maximum Gasteiger partial charge on any atom is 0.224 e. The van der Waals surface area contributed by atoms with Crippen LogP contribution < -0.4 is 11.1 Å². The molecule has 2 rings (SSSR count). The number of benzene rings is 2. The molecular weight excluding hydrogens is 260 g/mol. The summed E-state index contributed by atoms with van der Waals surface area (Å²) in [4.78, 5) is 11.9. The van der Waals surface area contributed by atoms with Gasteiger partial charge in [0.1, 0.15) is 0 Å². The van der Waals surface area contributed by atoms with Crippen molar-refractivity contribution in [3.8, 4) is 12.3 Å². The first kappa shape index (κ1) is 14.8. The van der Waals surface area contributed by atoms with Crippen LogP contribution in [0.1, 0.15) is 30.0 Å². The first-order valence-corrected chi connectivity index (χ1v) is 6.86. The predicted octanol–water partition coefficient (Wildman–Crippen LogP) is 3.09. The van der Waals surface area contributed by atoms with Crippen molar-refractivity contribution in [2.24, 2.45) is 5.73 Å². The van der Waals surface area contributed by atoms with Crippen LogP contribution in [0.4, 0.5) is 5.69 Å². The Labute approximate surface area is 125 Å². The molecule has 0 saturated heterocycles. The van der Waals surface area contributed by atoms with Crippen LogP contribution in [-0.4, -0.2) is 5.91 Å². The molecule has 0 aliphatic rings. The quantitative estimate of drug-likeness (QED) is 0.826. The third-order valence-electron chi connectivity index (χ3n) is 3.22. The van der Waals surface area contributed by atoms with Crippen molar-refractivity contribution < 1.29 is 4.79 Å². The van der Waals surface area contributed by atoms with Crippen molar-refractivity contribution in [1.82, 2.24) is 0 Å². The molecule has 0 bridgehead atoms. The molecule has 0 aliphatic carbocycles. The van der Waals surface area contributed by atoms with Crippen LogP contribution in [0, 0.1) is 12.3 Å². The Kier molecular flexibility index (Phi) is 5.14.